The van der Waals surface area contributed by atoms with E-state index in [-0.39, 0.29) is 36.9 Å². The van der Waals surface area contributed by atoms with Crippen LogP contribution in [-0.2, 0) is 19.8 Å². The molecule has 5 aliphatic rings. The van der Waals surface area contributed by atoms with Gasteiger partial charge in [-0.15, -0.1) is 0 Å². The van der Waals surface area contributed by atoms with Crippen LogP contribution in [0.15, 0.2) is 18.2 Å². The molecular formula is C22H28F2N4O4S. The summed E-state index contributed by atoms with van der Waals surface area (Å²) in [4.78, 5) is 25.0. The van der Waals surface area contributed by atoms with Gasteiger partial charge in [0.15, 0.2) is 11.6 Å². The first-order chi connectivity index (χ1) is 15.6. The molecule has 1 saturated heterocycles. The maximum Gasteiger partial charge on any atom is 0.304 e. The monoisotopic (exact) mass is 482 g/mol. The standard InChI is InChI=1S/C22H28F2N4O4S/c23-16-3-1-4-17(24)20(16)28-6-2-5-27(33(28,31)32)12-18(29)26-19-14-7-13-8-15(19)11-22(9-13,10-14)21(25)30/h1,3-4,13-15,19H,2,5-12H2,(H2,25,30)(H,26,29). The fraction of sp³-hybridized carbons (Fsp3) is 0.636. The number of nitrogens with zero attached hydrogens (tertiary/aromatic N) is 2. The van der Waals surface area contributed by atoms with Gasteiger partial charge in [-0.05, 0) is 68.4 Å². The summed E-state index contributed by atoms with van der Waals surface area (Å²) < 4.78 is 56.4. The third-order valence-corrected chi connectivity index (χ3v) is 9.89. The van der Waals surface area contributed by atoms with E-state index in [0.717, 1.165) is 35.7 Å². The molecule has 3 N–H and O–H groups in total. The quantitative estimate of drug-likeness (QED) is 0.663. The molecular weight excluding hydrogens is 454 g/mol. The van der Waals surface area contributed by atoms with Crippen LogP contribution >= 0.6 is 0 Å². The molecule has 8 nitrogen and oxygen atoms in total. The molecule has 1 aromatic rings. The summed E-state index contributed by atoms with van der Waals surface area (Å²) in [6.45, 7) is -0.399. The highest BCUT2D eigenvalue weighted by Crippen LogP contribution is 2.59. The molecule has 33 heavy (non-hydrogen) atoms. The lowest BCUT2D eigenvalue weighted by atomic mass is 9.47. The second-order valence-electron chi connectivity index (χ2n) is 10.0. The van der Waals surface area contributed by atoms with Crippen molar-refractivity contribution in [2.75, 3.05) is 23.9 Å². The van der Waals surface area contributed by atoms with Gasteiger partial charge < -0.3 is 11.1 Å². The van der Waals surface area contributed by atoms with Crippen LogP contribution < -0.4 is 15.4 Å². The first-order valence-electron chi connectivity index (χ1n) is 11.4. The van der Waals surface area contributed by atoms with E-state index in [1.54, 1.807) is 0 Å². The molecule has 5 fully saturated rings. The third-order valence-electron chi connectivity index (χ3n) is 8.00. The molecule has 4 aliphatic carbocycles. The van der Waals surface area contributed by atoms with Crippen LogP contribution in [-0.4, -0.2) is 50.2 Å². The maximum atomic E-state index is 14.3. The number of nitrogens with one attached hydrogen (secondary N) is 1. The normalized spacial score (nSPS) is 34.9. The van der Waals surface area contributed by atoms with Gasteiger partial charge in [-0.3, -0.25) is 13.9 Å². The summed E-state index contributed by atoms with van der Waals surface area (Å²) >= 11 is 0. The predicted molar refractivity (Wildman–Crippen MR) is 116 cm³/mol. The van der Waals surface area contributed by atoms with Gasteiger partial charge in [0, 0.05) is 24.5 Å². The van der Waals surface area contributed by atoms with Crippen molar-refractivity contribution in [3.63, 3.8) is 0 Å². The summed E-state index contributed by atoms with van der Waals surface area (Å²) in [5.41, 5.74) is 4.62. The average Bonchev–Trinajstić information content (AvgIpc) is 2.72. The number of halogens is 2. The molecule has 0 spiro atoms. The Balaban J connectivity index is 1.29. The van der Waals surface area contributed by atoms with Crippen molar-refractivity contribution in [2.24, 2.45) is 28.9 Å². The predicted octanol–water partition coefficient (Wildman–Crippen LogP) is 1.52. The molecule has 1 aliphatic heterocycles. The van der Waals surface area contributed by atoms with E-state index in [1.165, 1.54) is 6.07 Å². The van der Waals surface area contributed by atoms with E-state index in [0.29, 0.717) is 29.5 Å². The molecule has 4 saturated carbocycles. The van der Waals surface area contributed by atoms with Crippen molar-refractivity contribution in [3.8, 4) is 0 Å². The van der Waals surface area contributed by atoms with E-state index in [1.807, 2.05) is 0 Å². The summed E-state index contributed by atoms with van der Waals surface area (Å²) in [5, 5.41) is 3.02. The number of para-hydroxylation sites is 1. The lowest BCUT2D eigenvalue weighted by Gasteiger charge is -2.58. The number of rotatable bonds is 5. The number of anilines is 1. The molecule has 1 heterocycles. The van der Waals surface area contributed by atoms with Gasteiger partial charge in [-0.2, -0.15) is 12.7 Å². The summed E-state index contributed by atoms with van der Waals surface area (Å²) in [6, 6.07) is 3.06. The van der Waals surface area contributed by atoms with E-state index >= 15 is 0 Å². The van der Waals surface area contributed by atoms with Crippen molar-refractivity contribution in [2.45, 2.75) is 44.6 Å². The van der Waals surface area contributed by atoms with Crippen LogP contribution in [0.3, 0.4) is 0 Å². The van der Waals surface area contributed by atoms with Gasteiger partial charge in [-0.1, -0.05) is 6.07 Å². The Hall–Kier alpha value is -2.27. The fourth-order valence-corrected chi connectivity index (χ4v) is 8.51. The Morgan fingerprint density at radius 1 is 1.09 bits per heavy atom. The Morgan fingerprint density at radius 3 is 2.33 bits per heavy atom. The Morgan fingerprint density at radius 2 is 1.73 bits per heavy atom. The molecule has 180 valence electrons. The molecule has 0 radical (unpaired) electrons. The van der Waals surface area contributed by atoms with Gasteiger partial charge in [0.2, 0.25) is 11.8 Å². The lowest BCUT2D eigenvalue weighted by molar-refractivity contribution is -0.147. The molecule has 0 aromatic heterocycles. The molecule has 1 aromatic carbocycles. The number of hydrogen-bond donors (Lipinski definition) is 2. The largest absolute Gasteiger partial charge is 0.369 e. The van der Waals surface area contributed by atoms with Crippen LogP contribution in [0.1, 0.15) is 38.5 Å². The van der Waals surface area contributed by atoms with Gasteiger partial charge in [0.1, 0.15) is 5.69 Å². The van der Waals surface area contributed by atoms with Gasteiger partial charge in [-0.25, -0.2) is 8.78 Å². The van der Waals surface area contributed by atoms with Crippen LogP contribution in [0.5, 0.6) is 0 Å². The van der Waals surface area contributed by atoms with Gasteiger partial charge >= 0.3 is 10.2 Å². The molecule has 6 rings (SSSR count). The number of nitrogens with two attached hydrogens (primary N) is 1. The minimum atomic E-state index is -4.28. The molecule has 2 atom stereocenters. The first kappa shape index (κ1) is 22.5. The smallest absolute Gasteiger partial charge is 0.304 e. The Kier molecular flexibility index (Phi) is 5.39. The first-order valence-corrected chi connectivity index (χ1v) is 12.8. The number of carbonyl (C=O) groups excluding carboxylic acids is 2. The molecule has 4 bridgehead atoms. The Labute approximate surface area is 191 Å². The molecule has 11 heteroatoms. The van der Waals surface area contributed by atoms with Crippen molar-refractivity contribution < 1.29 is 26.8 Å². The average molecular weight is 483 g/mol. The van der Waals surface area contributed by atoms with E-state index < -0.39 is 45.4 Å². The zero-order valence-corrected chi connectivity index (χ0v) is 19.0. The lowest BCUT2D eigenvalue weighted by Crippen LogP contribution is -2.63. The number of benzene rings is 1. The summed E-state index contributed by atoms with van der Waals surface area (Å²) in [7, 11) is -4.28. The number of hydrogen-bond acceptors (Lipinski definition) is 4. The van der Waals surface area contributed by atoms with Crippen LogP contribution in [0.2, 0.25) is 0 Å². The molecule has 2 amide bonds. The topological polar surface area (TPSA) is 113 Å². The number of primary amides is 1. The highest BCUT2D eigenvalue weighted by Gasteiger charge is 2.58. The summed E-state index contributed by atoms with van der Waals surface area (Å²) in [6.07, 6.45) is 4.32. The van der Waals surface area contributed by atoms with Gasteiger partial charge in [0.25, 0.3) is 0 Å². The zero-order valence-electron chi connectivity index (χ0n) is 18.2. The van der Waals surface area contributed by atoms with E-state index in [9.17, 15) is 26.8 Å². The van der Waals surface area contributed by atoms with Crippen molar-refractivity contribution in [1.29, 1.82) is 0 Å². The number of amides is 2. The van der Waals surface area contributed by atoms with Gasteiger partial charge in [0.05, 0.1) is 6.54 Å². The second-order valence-corrected chi connectivity index (χ2v) is 11.9. The minimum absolute atomic E-state index is 0.0678. The zero-order chi connectivity index (χ0) is 23.5. The fourth-order valence-electron chi connectivity index (χ4n) is 6.83. The highest BCUT2D eigenvalue weighted by molar-refractivity contribution is 7.90. The van der Waals surface area contributed by atoms with E-state index in [2.05, 4.69) is 5.32 Å². The number of carbonyl (C=O) groups is 2. The highest BCUT2D eigenvalue weighted by atomic mass is 32.2. The van der Waals surface area contributed by atoms with Crippen molar-refractivity contribution in [1.82, 2.24) is 9.62 Å². The summed E-state index contributed by atoms with van der Waals surface area (Å²) in [5.74, 6) is -1.91. The van der Waals surface area contributed by atoms with Crippen LogP contribution in [0, 0.1) is 34.8 Å². The minimum Gasteiger partial charge on any atom is -0.369 e. The molecule has 2 unspecified atom stereocenters. The van der Waals surface area contributed by atoms with Crippen molar-refractivity contribution in [3.05, 3.63) is 29.8 Å². The Bertz CT molecular complexity index is 1060. The second kappa shape index (κ2) is 7.90. The SMILES string of the molecule is NC(=O)C12CC3CC(C1)C(NC(=O)CN1CCCN(c4c(F)cccc4F)S1(=O)=O)C(C3)C2. The third kappa shape index (κ3) is 3.69. The maximum absolute atomic E-state index is 14.3. The van der Waals surface area contributed by atoms with Crippen LogP contribution in [0.25, 0.3) is 0 Å². The van der Waals surface area contributed by atoms with Crippen molar-refractivity contribution >= 4 is 27.7 Å². The van der Waals surface area contributed by atoms with E-state index in [4.69, 9.17) is 5.73 Å². The van der Waals surface area contributed by atoms with Crippen LogP contribution in [0.4, 0.5) is 14.5 Å².